The molecular formula is C28H38N2O3. The van der Waals surface area contributed by atoms with Crippen LogP contribution in [-0.4, -0.2) is 23.0 Å². The van der Waals surface area contributed by atoms with Crippen molar-refractivity contribution in [2.24, 2.45) is 23.2 Å². The predicted octanol–water partition coefficient (Wildman–Crippen LogP) is 6.08. The first kappa shape index (κ1) is 22.5. The molecule has 4 aliphatic carbocycles. The Morgan fingerprint density at radius 1 is 1.06 bits per heavy atom. The molecule has 4 saturated carbocycles. The Kier molecular flexibility index (Phi) is 5.19. The van der Waals surface area contributed by atoms with E-state index in [1.807, 2.05) is 45.0 Å². The van der Waals surface area contributed by atoms with Crippen LogP contribution in [-0.2, 0) is 16.0 Å². The van der Waals surface area contributed by atoms with Crippen molar-refractivity contribution in [1.29, 1.82) is 0 Å². The summed E-state index contributed by atoms with van der Waals surface area (Å²) in [6.07, 6.45) is 9.52. The largest absolute Gasteiger partial charge is 0.444 e. The van der Waals surface area contributed by atoms with Gasteiger partial charge in [0.1, 0.15) is 5.60 Å². The zero-order valence-electron chi connectivity index (χ0n) is 20.7. The molecule has 4 bridgehead atoms. The van der Waals surface area contributed by atoms with Crippen molar-refractivity contribution < 1.29 is 14.3 Å². The highest BCUT2D eigenvalue weighted by Crippen LogP contribution is 2.60. The Balaban J connectivity index is 1.41. The standard InChI is InChI=1S/C28H38N2O3/c1-26(2,3)33-25(32)29-21-6-7-22-20(11-21)16-27(4,5)30-23(22)12-24(31)28-13-17-8-18(14-28)10-19(9-17)15-28/h6-7,11-12,17-19,30H,8-10,13-16H2,1-5H3,(H,29,32)/b23-12-. The van der Waals surface area contributed by atoms with Crippen LogP contribution in [0.15, 0.2) is 24.3 Å². The van der Waals surface area contributed by atoms with Crippen LogP contribution >= 0.6 is 0 Å². The summed E-state index contributed by atoms with van der Waals surface area (Å²) >= 11 is 0. The van der Waals surface area contributed by atoms with Crippen molar-refractivity contribution in [1.82, 2.24) is 5.32 Å². The molecule has 4 fully saturated rings. The number of hydrogen-bond acceptors (Lipinski definition) is 4. The average molecular weight is 451 g/mol. The molecule has 178 valence electrons. The summed E-state index contributed by atoms with van der Waals surface area (Å²) in [7, 11) is 0. The van der Waals surface area contributed by atoms with Gasteiger partial charge in [-0.15, -0.1) is 0 Å². The molecule has 33 heavy (non-hydrogen) atoms. The lowest BCUT2D eigenvalue weighted by atomic mass is 9.48. The quantitative estimate of drug-likeness (QED) is 0.547. The summed E-state index contributed by atoms with van der Waals surface area (Å²) in [5.41, 5.74) is 2.98. The van der Waals surface area contributed by atoms with Gasteiger partial charge in [0.05, 0.1) is 0 Å². The number of nitrogens with one attached hydrogen (secondary N) is 2. The number of benzene rings is 1. The average Bonchev–Trinajstić information content (AvgIpc) is 2.64. The predicted molar refractivity (Wildman–Crippen MR) is 131 cm³/mol. The number of carbonyl (C=O) groups excluding carboxylic acids is 2. The van der Waals surface area contributed by atoms with Crippen molar-refractivity contribution in [3.05, 3.63) is 35.4 Å². The van der Waals surface area contributed by atoms with Crippen LogP contribution in [0.2, 0.25) is 0 Å². The molecule has 0 radical (unpaired) electrons. The van der Waals surface area contributed by atoms with Gasteiger partial charge in [-0.25, -0.2) is 4.79 Å². The molecule has 0 saturated heterocycles. The van der Waals surface area contributed by atoms with Gasteiger partial charge in [0.25, 0.3) is 0 Å². The van der Waals surface area contributed by atoms with Gasteiger partial charge in [0.15, 0.2) is 5.78 Å². The molecule has 0 unspecified atom stereocenters. The topological polar surface area (TPSA) is 67.4 Å². The van der Waals surface area contributed by atoms with E-state index in [9.17, 15) is 9.59 Å². The Morgan fingerprint density at radius 2 is 1.67 bits per heavy atom. The zero-order valence-corrected chi connectivity index (χ0v) is 20.7. The minimum absolute atomic E-state index is 0.136. The normalized spacial score (nSPS) is 32.8. The van der Waals surface area contributed by atoms with Crippen LogP contribution in [0.4, 0.5) is 10.5 Å². The fourth-order valence-electron chi connectivity index (χ4n) is 7.26. The minimum atomic E-state index is -0.544. The molecule has 2 N–H and O–H groups in total. The number of carbonyl (C=O) groups is 2. The van der Waals surface area contributed by atoms with Crippen molar-refractivity contribution in [3.63, 3.8) is 0 Å². The summed E-state index contributed by atoms with van der Waals surface area (Å²) in [6.45, 7) is 9.88. The number of allylic oxidation sites excluding steroid dienone is 1. The third-order valence-electron chi connectivity index (χ3n) is 7.98. The first-order chi connectivity index (χ1) is 15.4. The number of amides is 1. The third-order valence-corrected chi connectivity index (χ3v) is 7.98. The monoisotopic (exact) mass is 450 g/mol. The van der Waals surface area contributed by atoms with Crippen molar-refractivity contribution in [2.45, 2.75) is 90.7 Å². The van der Waals surface area contributed by atoms with Crippen LogP contribution in [0.5, 0.6) is 0 Å². The zero-order chi connectivity index (χ0) is 23.6. The molecular weight excluding hydrogens is 412 g/mol. The number of ketones is 1. The molecule has 0 atom stereocenters. The second kappa shape index (κ2) is 7.61. The van der Waals surface area contributed by atoms with Crippen molar-refractivity contribution in [2.75, 3.05) is 5.32 Å². The number of anilines is 1. The molecule has 5 aliphatic rings. The van der Waals surface area contributed by atoms with E-state index in [2.05, 4.69) is 24.5 Å². The summed E-state index contributed by atoms with van der Waals surface area (Å²) in [4.78, 5) is 26.0. The Labute approximate surface area is 197 Å². The van der Waals surface area contributed by atoms with E-state index in [-0.39, 0.29) is 11.0 Å². The van der Waals surface area contributed by atoms with Gasteiger partial charge in [0, 0.05) is 34.0 Å². The Hall–Kier alpha value is -2.30. The highest BCUT2D eigenvalue weighted by atomic mass is 16.6. The van der Waals surface area contributed by atoms with E-state index >= 15 is 0 Å². The number of rotatable bonds is 3. The summed E-state index contributed by atoms with van der Waals surface area (Å²) in [6, 6.07) is 5.93. The molecule has 0 spiro atoms. The van der Waals surface area contributed by atoms with Crippen LogP contribution in [0.3, 0.4) is 0 Å². The summed E-state index contributed by atoms with van der Waals surface area (Å²) in [5, 5.41) is 6.48. The van der Waals surface area contributed by atoms with Crippen LogP contribution in [0.25, 0.3) is 5.70 Å². The maximum atomic E-state index is 13.7. The van der Waals surface area contributed by atoms with Gasteiger partial charge in [-0.1, -0.05) is 6.07 Å². The first-order valence-electron chi connectivity index (χ1n) is 12.6. The maximum Gasteiger partial charge on any atom is 0.412 e. The fraction of sp³-hybridized carbons (Fsp3) is 0.643. The highest BCUT2D eigenvalue weighted by molar-refractivity contribution is 6.01. The van der Waals surface area contributed by atoms with E-state index < -0.39 is 11.7 Å². The van der Waals surface area contributed by atoms with Gasteiger partial charge >= 0.3 is 6.09 Å². The van der Waals surface area contributed by atoms with Crippen LogP contribution < -0.4 is 10.6 Å². The number of ether oxygens (including phenoxy) is 1. The molecule has 0 aromatic heterocycles. The van der Waals surface area contributed by atoms with Crippen molar-refractivity contribution in [3.8, 4) is 0 Å². The molecule has 1 aliphatic heterocycles. The third kappa shape index (κ3) is 4.56. The maximum absolute atomic E-state index is 13.7. The molecule has 1 aromatic rings. The smallest absolute Gasteiger partial charge is 0.412 e. The first-order valence-corrected chi connectivity index (χ1v) is 12.6. The minimum Gasteiger partial charge on any atom is -0.444 e. The lowest BCUT2D eigenvalue weighted by Crippen LogP contribution is -2.50. The van der Waals surface area contributed by atoms with Crippen molar-refractivity contribution >= 4 is 23.3 Å². The molecule has 6 rings (SSSR count). The Bertz CT molecular complexity index is 979. The number of hydrogen-bond donors (Lipinski definition) is 2. The van der Waals surface area contributed by atoms with Crippen LogP contribution in [0.1, 0.15) is 84.3 Å². The Morgan fingerprint density at radius 3 is 2.24 bits per heavy atom. The second-order valence-corrected chi connectivity index (χ2v) is 12.8. The molecule has 1 heterocycles. The lowest BCUT2D eigenvalue weighted by molar-refractivity contribution is -0.138. The summed E-state index contributed by atoms with van der Waals surface area (Å²) < 4.78 is 5.40. The van der Waals surface area contributed by atoms with E-state index in [1.165, 1.54) is 19.3 Å². The molecule has 5 nitrogen and oxygen atoms in total. The number of fused-ring (bicyclic) bond motifs is 1. The van der Waals surface area contributed by atoms with Gasteiger partial charge in [-0.3, -0.25) is 10.1 Å². The fourth-order valence-corrected chi connectivity index (χ4v) is 7.26. The summed E-state index contributed by atoms with van der Waals surface area (Å²) in [5.74, 6) is 2.58. The molecule has 1 aromatic carbocycles. The van der Waals surface area contributed by atoms with Crippen LogP contribution in [0, 0.1) is 23.2 Å². The molecule has 5 heteroatoms. The van der Waals surface area contributed by atoms with E-state index in [4.69, 9.17) is 4.74 Å². The van der Waals surface area contributed by atoms with E-state index in [1.54, 1.807) is 0 Å². The van der Waals surface area contributed by atoms with E-state index in [0.29, 0.717) is 11.5 Å². The lowest BCUT2D eigenvalue weighted by Gasteiger charge is -2.55. The van der Waals surface area contributed by atoms with Gasteiger partial charge in [-0.2, -0.15) is 0 Å². The van der Waals surface area contributed by atoms with Gasteiger partial charge in [-0.05, 0) is 115 Å². The van der Waals surface area contributed by atoms with Gasteiger partial charge in [0.2, 0.25) is 0 Å². The second-order valence-electron chi connectivity index (χ2n) is 12.8. The van der Waals surface area contributed by atoms with E-state index in [0.717, 1.165) is 60.3 Å². The SMILES string of the molecule is CC1(C)Cc2cc(NC(=O)OC(C)(C)C)ccc2/C(=C/C(=O)C23CC4CC(CC(C4)C2)C3)N1. The molecule has 1 amide bonds. The highest BCUT2D eigenvalue weighted by Gasteiger charge is 2.54. The van der Waals surface area contributed by atoms with Gasteiger partial charge < -0.3 is 10.1 Å².